The monoisotopic (exact) mass is 389 g/mol. The molecular formula is C23H23N3O3. The largest absolute Gasteiger partial charge is 0.497 e. The van der Waals surface area contributed by atoms with Gasteiger partial charge in [0.1, 0.15) is 5.75 Å². The molecule has 0 fully saturated rings. The summed E-state index contributed by atoms with van der Waals surface area (Å²) in [6.07, 6.45) is 0. The second kappa shape index (κ2) is 8.93. The van der Waals surface area contributed by atoms with Crippen LogP contribution in [0.3, 0.4) is 0 Å². The highest BCUT2D eigenvalue weighted by Crippen LogP contribution is 2.18. The van der Waals surface area contributed by atoms with Crippen LogP contribution < -0.4 is 20.3 Å². The molecular weight excluding hydrogens is 366 g/mol. The summed E-state index contributed by atoms with van der Waals surface area (Å²) in [7, 11) is 5.49. The molecule has 0 aromatic heterocycles. The van der Waals surface area contributed by atoms with Crippen molar-refractivity contribution in [2.24, 2.45) is 0 Å². The number of benzene rings is 3. The molecule has 6 heteroatoms. The smallest absolute Gasteiger partial charge is 0.255 e. The Labute approximate surface area is 170 Å². The second-order valence-electron chi connectivity index (χ2n) is 6.66. The zero-order valence-electron chi connectivity index (χ0n) is 16.6. The van der Waals surface area contributed by atoms with E-state index in [-0.39, 0.29) is 11.8 Å². The quantitative estimate of drug-likeness (QED) is 0.661. The molecule has 3 aromatic carbocycles. The molecule has 3 aromatic rings. The van der Waals surface area contributed by atoms with Crippen molar-refractivity contribution in [3.8, 4) is 5.75 Å². The predicted molar refractivity (Wildman–Crippen MR) is 116 cm³/mol. The summed E-state index contributed by atoms with van der Waals surface area (Å²) in [5, 5.41) is 5.66. The third-order valence-electron chi connectivity index (χ3n) is 4.38. The second-order valence-corrected chi connectivity index (χ2v) is 6.66. The molecule has 6 nitrogen and oxygen atoms in total. The lowest BCUT2D eigenvalue weighted by atomic mass is 10.1. The maximum absolute atomic E-state index is 12.6. The minimum Gasteiger partial charge on any atom is -0.497 e. The van der Waals surface area contributed by atoms with Crippen LogP contribution in [0.25, 0.3) is 0 Å². The lowest BCUT2D eigenvalue weighted by Crippen LogP contribution is -2.15. The molecule has 0 saturated heterocycles. The Hall–Kier alpha value is -3.80. The lowest BCUT2D eigenvalue weighted by molar-refractivity contribution is 0.102. The summed E-state index contributed by atoms with van der Waals surface area (Å²) in [6, 6.07) is 21.2. The van der Waals surface area contributed by atoms with E-state index < -0.39 is 0 Å². The number of ether oxygens (including phenoxy) is 1. The average molecular weight is 389 g/mol. The van der Waals surface area contributed by atoms with Crippen LogP contribution in [-0.2, 0) is 0 Å². The Bertz CT molecular complexity index is 997. The molecule has 2 N–H and O–H groups in total. The first-order chi connectivity index (χ1) is 14.0. The van der Waals surface area contributed by atoms with Crippen molar-refractivity contribution in [2.75, 3.05) is 36.7 Å². The van der Waals surface area contributed by atoms with Crippen LogP contribution in [0.2, 0.25) is 0 Å². The Morgan fingerprint density at radius 2 is 1.24 bits per heavy atom. The molecule has 0 aliphatic heterocycles. The van der Waals surface area contributed by atoms with E-state index in [1.807, 2.05) is 43.3 Å². The highest BCUT2D eigenvalue weighted by Gasteiger charge is 2.11. The van der Waals surface area contributed by atoms with E-state index in [0.717, 1.165) is 5.69 Å². The van der Waals surface area contributed by atoms with E-state index in [9.17, 15) is 9.59 Å². The maximum atomic E-state index is 12.6. The van der Waals surface area contributed by atoms with E-state index in [4.69, 9.17) is 4.74 Å². The van der Waals surface area contributed by atoms with Gasteiger partial charge in [0.25, 0.3) is 11.8 Å². The minimum absolute atomic E-state index is 0.276. The number of carbonyl (C=O) groups is 2. The zero-order valence-corrected chi connectivity index (χ0v) is 16.6. The van der Waals surface area contributed by atoms with Gasteiger partial charge in [-0.15, -0.1) is 0 Å². The van der Waals surface area contributed by atoms with Crippen molar-refractivity contribution >= 4 is 28.9 Å². The molecule has 0 radical (unpaired) electrons. The predicted octanol–water partition coefficient (Wildman–Crippen LogP) is 4.27. The minimum atomic E-state index is -0.292. The van der Waals surface area contributed by atoms with Gasteiger partial charge < -0.3 is 20.3 Å². The van der Waals surface area contributed by atoms with Crippen LogP contribution in [0.4, 0.5) is 17.1 Å². The molecule has 0 aliphatic rings. The first-order valence-electron chi connectivity index (χ1n) is 9.10. The van der Waals surface area contributed by atoms with Gasteiger partial charge in [0, 0.05) is 42.3 Å². The highest BCUT2D eigenvalue weighted by atomic mass is 16.5. The van der Waals surface area contributed by atoms with E-state index in [2.05, 4.69) is 10.6 Å². The van der Waals surface area contributed by atoms with Crippen LogP contribution in [-0.4, -0.2) is 33.0 Å². The van der Waals surface area contributed by atoms with Gasteiger partial charge in [-0.25, -0.2) is 0 Å². The van der Waals surface area contributed by atoms with E-state index in [1.165, 1.54) is 0 Å². The Morgan fingerprint density at radius 1 is 0.759 bits per heavy atom. The number of anilines is 3. The number of amides is 2. The normalized spacial score (nSPS) is 10.2. The summed E-state index contributed by atoms with van der Waals surface area (Å²) >= 11 is 0. The summed E-state index contributed by atoms with van der Waals surface area (Å²) < 4.78 is 5.11. The molecule has 3 rings (SSSR count). The molecule has 0 atom stereocenters. The zero-order chi connectivity index (χ0) is 20.8. The molecule has 148 valence electrons. The molecule has 0 heterocycles. The summed E-state index contributed by atoms with van der Waals surface area (Å²) in [4.78, 5) is 27.1. The standard InChI is InChI=1S/C23H23N3O3/c1-26(2)20-11-7-18(8-12-20)24-22(27)16-5-4-6-17(15-16)23(28)25-19-9-13-21(29-3)14-10-19/h4-15H,1-3H3,(H,24,27)(H,25,28). The van der Waals surface area contributed by atoms with Gasteiger partial charge in [-0.05, 0) is 66.7 Å². The fraction of sp³-hybridized carbons (Fsp3) is 0.130. The lowest BCUT2D eigenvalue weighted by Gasteiger charge is -2.13. The van der Waals surface area contributed by atoms with Crippen molar-refractivity contribution in [2.45, 2.75) is 0 Å². The molecule has 0 bridgehead atoms. The van der Waals surface area contributed by atoms with Crippen molar-refractivity contribution in [3.05, 3.63) is 83.9 Å². The number of hydrogen-bond donors (Lipinski definition) is 2. The maximum Gasteiger partial charge on any atom is 0.255 e. The molecule has 2 amide bonds. The Kier molecular flexibility index (Phi) is 6.14. The topological polar surface area (TPSA) is 70.7 Å². The van der Waals surface area contributed by atoms with Crippen LogP contribution in [0.1, 0.15) is 20.7 Å². The first kappa shape index (κ1) is 19.9. The average Bonchev–Trinajstić information content (AvgIpc) is 2.74. The van der Waals surface area contributed by atoms with Gasteiger partial charge >= 0.3 is 0 Å². The number of nitrogens with one attached hydrogen (secondary N) is 2. The van der Waals surface area contributed by atoms with Crippen LogP contribution >= 0.6 is 0 Å². The van der Waals surface area contributed by atoms with Gasteiger partial charge in [-0.2, -0.15) is 0 Å². The van der Waals surface area contributed by atoms with Crippen LogP contribution in [0.5, 0.6) is 5.75 Å². The third kappa shape index (κ3) is 5.13. The molecule has 0 spiro atoms. The SMILES string of the molecule is COc1ccc(NC(=O)c2cccc(C(=O)Nc3ccc(N(C)C)cc3)c2)cc1. The molecule has 0 unspecified atom stereocenters. The summed E-state index contributed by atoms with van der Waals surface area (Å²) in [5.41, 5.74) is 3.18. The van der Waals surface area contributed by atoms with Gasteiger partial charge in [-0.3, -0.25) is 9.59 Å². The van der Waals surface area contributed by atoms with Crippen molar-refractivity contribution in [3.63, 3.8) is 0 Å². The number of hydrogen-bond acceptors (Lipinski definition) is 4. The summed E-state index contributed by atoms with van der Waals surface area (Å²) in [5.74, 6) is 0.141. The van der Waals surface area contributed by atoms with Crippen molar-refractivity contribution in [1.29, 1.82) is 0 Å². The van der Waals surface area contributed by atoms with E-state index in [0.29, 0.717) is 28.3 Å². The van der Waals surface area contributed by atoms with Gasteiger partial charge in [0.2, 0.25) is 0 Å². The van der Waals surface area contributed by atoms with Crippen LogP contribution in [0.15, 0.2) is 72.8 Å². The first-order valence-corrected chi connectivity index (χ1v) is 9.10. The fourth-order valence-electron chi connectivity index (χ4n) is 2.73. The number of rotatable bonds is 6. The Morgan fingerprint density at radius 3 is 1.69 bits per heavy atom. The number of carbonyl (C=O) groups excluding carboxylic acids is 2. The van der Waals surface area contributed by atoms with Crippen molar-refractivity contribution in [1.82, 2.24) is 0 Å². The third-order valence-corrected chi connectivity index (χ3v) is 4.38. The van der Waals surface area contributed by atoms with Gasteiger partial charge in [-0.1, -0.05) is 6.07 Å². The summed E-state index contributed by atoms with van der Waals surface area (Å²) in [6.45, 7) is 0. The molecule has 0 saturated carbocycles. The Balaban J connectivity index is 1.68. The van der Waals surface area contributed by atoms with Crippen molar-refractivity contribution < 1.29 is 14.3 Å². The van der Waals surface area contributed by atoms with Crippen LogP contribution in [0, 0.1) is 0 Å². The van der Waals surface area contributed by atoms with Gasteiger partial charge in [0.15, 0.2) is 0 Å². The van der Waals surface area contributed by atoms with Gasteiger partial charge in [0.05, 0.1) is 7.11 Å². The molecule has 0 aliphatic carbocycles. The fourth-order valence-corrected chi connectivity index (χ4v) is 2.73. The highest BCUT2D eigenvalue weighted by molar-refractivity contribution is 6.08. The number of nitrogens with zero attached hydrogens (tertiary/aromatic N) is 1. The van der Waals surface area contributed by atoms with E-state index >= 15 is 0 Å². The molecule has 29 heavy (non-hydrogen) atoms. The van der Waals surface area contributed by atoms with E-state index in [1.54, 1.807) is 55.6 Å². The number of methoxy groups -OCH3 is 1.